The van der Waals surface area contributed by atoms with Crippen molar-refractivity contribution >= 4 is 16.5 Å². The first-order chi connectivity index (χ1) is 11.4. The van der Waals surface area contributed by atoms with Crippen molar-refractivity contribution in [2.24, 2.45) is 0 Å². The minimum absolute atomic E-state index is 0.279. The predicted molar refractivity (Wildman–Crippen MR) is 87.4 cm³/mol. The van der Waals surface area contributed by atoms with E-state index in [4.69, 9.17) is 0 Å². The lowest BCUT2D eigenvalue weighted by molar-refractivity contribution is -0.137. The van der Waals surface area contributed by atoms with E-state index in [0.29, 0.717) is 11.1 Å². The highest BCUT2D eigenvalue weighted by Crippen LogP contribution is 2.32. The number of benzene rings is 3. The van der Waals surface area contributed by atoms with Gasteiger partial charge in [-0.25, -0.2) is 4.39 Å². The van der Waals surface area contributed by atoms with Crippen LogP contribution < -0.4 is 5.32 Å². The van der Waals surface area contributed by atoms with Crippen LogP contribution in [0.25, 0.3) is 10.8 Å². The van der Waals surface area contributed by atoms with E-state index in [2.05, 4.69) is 5.32 Å². The van der Waals surface area contributed by atoms with Crippen LogP contribution in [0.15, 0.2) is 60.7 Å². The van der Waals surface area contributed by atoms with Gasteiger partial charge in [0.05, 0.1) is 5.56 Å². The average Bonchev–Trinajstić information content (AvgIpc) is 2.55. The molecule has 0 amide bonds. The maximum atomic E-state index is 13.9. The van der Waals surface area contributed by atoms with Gasteiger partial charge in [0, 0.05) is 17.1 Å². The van der Waals surface area contributed by atoms with Crippen molar-refractivity contribution in [2.45, 2.75) is 19.1 Å². The molecule has 0 aliphatic carbocycles. The zero-order valence-corrected chi connectivity index (χ0v) is 12.9. The van der Waals surface area contributed by atoms with Crippen molar-refractivity contribution in [3.8, 4) is 0 Å². The number of anilines is 1. The Morgan fingerprint density at radius 2 is 1.58 bits per heavy atom. The Hall–Kier alpha value is -2.56. The second-order valence-corrected chi connectivity index (χ2v) is 5.63. The van der Waals surface area contributed by atoms with Crippen LogP contribution in [0.2, 0.25) is 0 Å². The molecule has 124 valence electrons. The molecule has 3 aromatic carbocycles. The molecule has 0 aliphatic rings. The number of halogens is 4. The normalized spacial score (nSPS) is 13.0. The molecule has 0 aromatic heterocycles. The van der Waals surface area contributed by atoms with Crippen LogP contribution in [0.5, 0.6) is 0 Å². The molecule has 24 heavy (non-hydrogen) atoms. The van der Waals surface area contributed by atoms with E-state index in [-0.39, 0.29) is 11.9 Å². The molecule has 1 atom stereocenters. The van der Waals surface area contributed by atoms with Crippen LogP contribution in [-0.4, -0.2) is 0 Å². The van der Waals surface area contributed by atoms with Crippen molar-refractivity contribution in [3.63, 3.8) is 0 Å². The molecule has 1 nitrogen and oxygen atoms in total. The molecule has 0 heterocycles. The molecule has 0 radical (unpaired) electrons. The lowest BCUT2D eigenvalue weighted by Crippen LogP contribution is -2.10. The Kier molecular flexibility index (Phi) is 4.18. The number of alkyl halides is 3. The first-order valence-electron chi connectivity index (χ1n) is 7.47. The Balaban J connectivity index is 1.94. The maximum Gasteiger partial charge on any atom is 0.416 e. The Morgan fingerprint density at radius 3 is 2.29 bits per heavy atom. The van der Waals surface area contributed by atoms with Crippen LogP contribution in [0.4, 0.5) is 23.2 Å². The van der Waals surface area contributed by atoms with Gasteiger partial charge in [0.2, 0.25) is 0 Å². The number of nitrogens with one attached hydrogen (secondary N) is 1. The summed E-state index contributed by atoms with van der Waals surface area (Å²) < 4.78 is 52.3. The fourth-order valence-corrected chi connectivity index (χ4v) is 2.78. The number of fused-ring (bicyclic) bond motifs is 1. The monoisotopic (exact) mass is 332 g/mol. The molecule has 0 unspecified atom stereocenters. The van der Waals surface area contributed by atoms with E-state index in [0.717, 1.165) is 23.1 Å². The summed E-state index contributed by atoms with van der Waals surface area (Å²) in [6.07, 6.45) is -4.39. The van der Waals surface area contributed by atoms with Crippen molar-refractivity contribution in [3.05, 3.63) is 77.6 Å². The smallest absolute Gasteiger partial charge is 0.378 e. The van der Waals surface area contributed by atoms with Crippen molar-refractivity contribution in [1.29, 1.82) is 0 Å². The zero-order chi connectivity index (χ0) is 17.3. The molecule has 0 spiro atoms. The number of hydrogen-bond acceptors (Lipinski definition) is 1. The maximum absolute atomic E-state index is 13.9. The summed E-state index contributed by atoms with van der Waals surface area (Å²) >= 11 is 0. The standard InChI is InChI=1S/C19H15F4N/c1-12(24-14-6-4-5-13(11-14)19(21,22)23)15-9-10-18(20)17-8-3-2-7-16(15)17/h2-12,24H,1H3/t12-/m1/s1/i20-1. The first-order valence-corrected chi connectivity index (χ1v) is 7.47. The third-order valence-corrected chi connectivity index (χ3v) is 3.94. The third kappa shape index (κ3) is 3.20. The molecular weight excluding hydrogens is 317 g/mol. The molecule has 0 saturated heterocycles. The van der Waals surface area contributed by atoms with E-state index in [1.54, 1.807) is 30.3 Å². The molecular formula is C19H15F4N. The van der Waals surface area contributed by atoms with Gasteiger partial charge < -0.3 is 5.32 Å². The summed E-state index contributed by atoms with van der Waals surface area (Å²) in [5.41, 5.74) is 0.485. The van der Waals surface area contributed by atoms with Gasteiger partial charge in [0.15, 0.2) is 0 Å². The predicted octanol–water partition coefficient (Wildman–Crippen LogP) is 6.17. The van der Waals surface area contributed by atoms with Crippen molar-refractivity contribution < 1.29 is 17.6 Å². The van der Waals surface area contributed by atoms with Gasteiger partial charge in [-0.15, -0.1) is 0 Å². The van der Waals surface area contributed by atoms with Gasteiger partial charge in [-0.3, -0.25) is 0 Å². The summed E-state index contributed by atoms with van der Waals surface area (Å²) in [4.78, 5) is 0. The van der Waals surface area contributed by atoms with Gasteiger partial charge in [-0.05, 0) is 42.1 Å². The van der Waals surface area contributed by atoms with Crippen LogP contribution in [0, 0.1) is 5.82 Å². The summed E-state index contributed by atoms with van der Waals surface area (Å²) in [5, 5.41) is 4.29. The highest BCUT2D eigenvalue weighted by Gasteiger charge is 2.30. The SMILES string of the molecule is C[C@@H](Nc1cccc(C(F)(F)F)c1)c1ccc([18F])c2ccccc12. The fraction of sp³-hybridized carbons (Fsp3) is 0.158. The molecule has 0 saturated carbocycles. The molecule has 3 aromatic rings. The summed E-state index contributed by atoms with van der Waals surface area (Å²) in [6.45, 7) is 1.83. The number of hydrogen-bond donors (Lipinski definition) is 1. The van der Waals surface area contributed by atoms with Gasteiger partial charge in [-0.2, -0.15) is 13.2 Å². The largest absolute Gasteiger partial charge is 0.416 e. The number of rotatable bonds is 3. The van der Waals surface area contributed by atoms with E-state index in [9.17, 15) is 17.6 Å². The summed E-state index contributed by atoms with van der Waals surface area (Å²) in [5.74, 6) is -0.319. The lowest BCUT2D eigenvalue weighted by atomic mass is 9.99. The highest BCUT2D eigenvalue weighted by atomic mass is 19.4. The molecule has 0 fully saturated rings. The molecule has 0 aliphatic heterocycles. The van der Waals surface area contributed by atoms with Crippen LogP contribution >= 0.6 is 0 Å². The second-order valence-electron chi connectivity index (χ2n) is 5.63. The van der Waals surface area contributed by atoms with Crippen molar-refractivity contribution in [1.82, 2.24) is 0 Å². The van der Waals surface area contributed by atoms with Gasteiger partial charge in [-0.1, -0.05) is 36.4 Å². The summed E-state index contributed by atoms with van der Waals surface area (Å²) in [7, 11) is 0. The van der Waals surface area contributed by atoms with Crippen LogP contribution in [0.1, 0.15) is 24.1 Å². The van der Waals surface area contributed by atoms with Gasteiger partial charge >= 0.3 is 6.18 Å². The van der Waals surface area contributed by atoms with E-state index >= 15 is 0 Å². The first kappa shape index (κ1) is 16.3. The molecule has 1 N–H and O–H groups in total. The third-order valence-electron chi connectivity index (χ3n) is 3.94. The van der Waals surface area contributed by atoms with Crippen LogP contribution in [0.3, 0.4) is 0 Å². The summed E-state index contributed by atoms with van der Waals surface area (Å²) in [6, 6.07) is 14.8. The fourth-order valence-electron chi connectivity index (χ4n) is 2.78. The van der Waals surface area contributed by atoms with E-state index in [1.165, 1.54) is 12.1 Å². The minimum Gasteiger partial charge on any atom is -0.378 e. The van der Waals surface area contributed by atoms with E-state index in [1.807, 2.05) is 13.0 Å². The minimum atomic E-state index is -4.39. The zero-order valence-electron chi connectivity index (χ0n) is 12.9. The van der Waals surface area contributed by atoms with Gasteiger partial charge in [0.25, 0.3) is 0 Å². The van der Waals surface area contributed by atoms with Crippen molar-refractivity contribution in [2.75, 3.05) is 5.32 Å². The molecule has 5 heteroatoms. The lowest BCUT2D eigenvalue weighted by Gasteiger charge is -2.19. The van der Waals surface area contributed by atoms with Crippen LogP contribution in [-0.2, 0) is 6.18 Å². The Bertz CT molecular complexity index is 871. The Labute approximate surface area is 136 Å². The highest BCUT2D eigenvalue weighted by molar-refractivity contribution is 5.87. The average molecular weight is 332 g/mol. The Morgan fingerprint density at radius 1 is 0.875 bits per heavy atom. The topological polar surface area (TPSA) is 12.0 Å². The second kappa shape index (κ2) is 6.15. The molecule has 0 bridgehead atoms. The quantitative estimate of drug-likeness (QED) is 0.565. The molecule has 3 rings (SSSR count). The van der Waals surface area contributed by atoms with Gasteiger partial charge in [0.1, 0.15) is 5.82 Å². The van der Waals surface area contributed by atoms with E-state index < -0.39 is 11.7 Å².